The van der Waals surface area contributed by atoms with Gasteiger partial charge < -0.3 is 5.73 Å². The van der Waals surface area contributed by atoms with Gasteiger partial charge in [-0.25, -0.2) is 0 Å². The summed E-state index contributed by atoms with van der Waals surface area (Å²) >= 11 is 9.83. The molecule has 62 valence electrons. The van der Waals surface area contributed by atoms with Gasteiger partial charge in [0.15, 0.2) is 0 Å². The first-order valence-corrected chi connectivity index (χ1v) is 5.59. The molecule has 1 aromatic carbocycles. The van der Waals surface area contributed by atoms with Gasteiger partial charge in [0.1, 0.15) is 5.00 Å². The fraction of sp³-hybridized carbons (Fsp3) is 0. The number of nitrogens with two attached hydrogens (primary N) is 1. The molecule has 0 radical (unpaired) electrons. The third-order valence-electron chi connectivity index (χ3n) is 1.63. The molecule has 1 heterocycles. The summed E-state index contributed by atoms with van der Waals surface area (Å²) in [5.74, 6) is 0. The molecule has 0 spiro atoms. The number of benzene rings is 1. The molecule has 0 fully saturated rings. The SMILES string of the molecule is Nc1sc2cccc(I)c2c1Cl. The van der Waals surface area contributed by atoms with Crippen LogP contribution in [-0.2, 0) is 0 Å². The lowest BCUT2D eigenvalue weighted by Crippen LogP contribution is -1.77. The summed E-state index contributed by atoms with van der Waals surface area (Å²) in [6, 6.07) is 6.07. The number of fused-ring (bicyclic) bond motifs is 1. The van der Waals surface area contributed by atoms with Crippen LogP contribution in [0.1, 0.15) is 0 Å². The van der Waals surface area contributed by atoms with Crippen molar-refractivity contribution in [1.82, 2.24) is 0 Å². The number of hydrogen-bond acceptors (Lipinski definition) is 2. The lowest BCUT2D eigenvalue weighted by molar-refractivity contribution is 1.78. The highest BCUT2D eigenvalue weighted by Gasteiger charge is 2.09. The third-order valence-corrected chi connectivity index (χ3v) is 4.02. The Morgan fingerprint density at radius 2 is 2.17 bits per heavy atom. The minimum atomic E-state index is 0.694. The van der Waals surface area contributed by atoms with Crippen LogP contribution in [0.2, 0.25) is 5.02 Å². The Morgan fingerprint density at radius 3 is 2.83 bits per heavy atom. The predicted molar refractivity (Wildman–Crippen MR) is 64.0 cm³/mol. The molecule has 12 heavy (non-hydrogen) atoms. The van der Waals surface area contributed by atoms with Gasteiger partial charge in [-0.1, -0.05) is 17.7 Å². The van der Waals surface area contributed by atoms with E-state index in [9.17, 15) is 0 Å². The lowest BCUT2D eigenvalue weighted by Gasteiger charge is -1.92. The minimum Gasteiger partial charge on any atom is -0.389 e. The topological polar surface area (TPSA) is 26.0 Å². The van der Waals surface area contributed by atoms with Crippen LogP contribution in [0.25, 0.3) is 10.1 Å². The molecule has 0 aliphatic carbocycles. The predicted octanol–water partition coefficient (Wildman–Crippen LogP) is 3.74. The molecule has 4 heteroatoms. The van der Waals surface area contributed by atoms with E-state index in [-0.39, 0.29) is 0 Å². The number of hydrogen-bond donors (Lipinski definition) is 1. The third kappa shape index (κ3) is 1.20. The van der Waals surface area contributed by atoms with Crippen LogP contribution in [0.15, 0.2) is 18.2 Å². The van der Waals surface area contributed by atoms with Crippen molar-refractivity contribution in [3.63, 3.8) is 0 Å². The first-order chi connectivity index (χ1) is 5.70. The Labute approximate surface area is 92.7 Å². The van der Waals surface area contributed by atoms with E-state index in [1.807, 2.05) is 18.2 Å². The van der Waals surface area contributed by atoms with E-state index in [1.165, 1.54) is 11.3 Å². The fourth-order valence-electron chi connectivity index (χ4n) is 1.09. The van der Waals surface area contributed by atoms with Gasteiger partial charge in [-0.3, -0.25) is 0 Å². The summed E-state index contributed by atoms with van der Waals surface area (Å²) in [7, 11) is 0. The van der Waals surface area contributed by atoms with Crippen molar-refractivity contribution in [2.45, 2.75) is 0 Å². The Hall–Kier alpha value is -0.0000000000000000555. The van der Waals surface area contributed by atoms with Gasteiger partial charge in [0, 0.05) is 13.7 Å². The van der Waals surface area contributed by atoms with Crippen molar-refractivity contribution in [2.24, 2.45) is 0 Å². The van der Waals surface area contributed by atoms with Crippen LogP contribution in [0.5, 0.6) is 0 Å². The van der Waals surface area contributed by atoms with Gasteiger partial charge in [0.25, 0.3) is 0 Å². The molecule has 0 saturated carbocycles. The van der Waals surface area contributed by atoms with Gasteiger partial charge in [-0.15, -0.1) is 11.3 Å². The average Bonchev–Trinajstić information content (AvgIpc) is 2.29. The van der Waals surface area contributed by atoms with E-state index in [1.54, 1.807) is 0 Å². The van der Waals surface area contributed by atoms with Crippen molar-refractivity contribution in [1.29, 1.82) is 0 Å². The van der Waals surface area contributed by atoms with Crippen molar-refractivity contribution < 1.29 is 0 Å². The number of halogens is 2. The zero-order chi connectivity index (χ0) is 8.72. The Kier molecular flexibility index (Phi) is 2.18. The summed E-state index contributed by atoms with van der Waals surface area (Å²) < 4.78 is 2.31. The second-order valence-electron chi connectivity index (χ2n) is 2.39. The number of anilines is 1. The fourth-order valence-corrected chi connectivity index (χ4v) is 3.46. The maximum absolute atomic E-state index is 6.03. The van der Waals surface area contributed by atoms with Crippen LogP contribution < -0.4 is 5.73 Å². The summed E-state index contributed by atoms with van der Waals surface area (Å²) in [5, 5.41) is 2.48. The molecular weight excluding hydrogens is 305 g/mol. The van der Waals surface area contributed by atoms with Gasteiger partial charge in [-0.05, 0) is 34.7 Å². The maximum Gasteiger partial charge on any atom is 0.106 e. The first kappa shape index (κ1) is 8.59. The Morgan fingerprint density at radius 1 is 1.42 bits per heavy atom. The van der Waals surface area contributed by atoms with Gasteiger partial charge >= 0.3 is 0 Å². The molecule has 0 unspecified atom stereocenters. The number of nitrogen functional groups attached to an aromatic ring is 1. The van der Waals surface area contributed by atoms with Crippen molar-refractivity contribution >= 4 is 60.6 Å². The van der Waals surface area contributed by atoms with Crippen molar-refractivity contribution in [3.8, 4) is 0 Å². The van der Waals surface area contributed by atoms with Gasteiger partial charge in [-0.2, -0.15) is 0 Å². The van der Waals surface area contributed by atoms with E-state index in [2.05, 4.69) is 22.6 Å². The number of rotatable bonds is 0. The second-order valence-corrected chi connectivity index (χ2v) is 5.02. The first-order valence-electron chi connectivity index (χ1n) is 3.32. The molecule has 0 aliphatic heterocycles. The summed E-state index contributed by atoms with van der Waals surface area (Å²) in [6.45, 7) is 0. The highest BCUT2D eigenvalue weighted by molar-refractivity contribution is 14.1. The molecule has 0 saturated heterocycles. The summed E-state index contributed by atoms with van der Waals surface area (Å²) in [6.07, 6.45) is 0. The van der Waals surface area contributed by atoms with E-state index in [4.69, 9.17) is 17.3 Å². The monoisotopic (exact) mass is 309 g/mol. The van der Waals surface area contributed by atoms with Crippen LogP contribution in [-0.4, -0.2) is 0 Å². The van der Waals surface area contributed by atoms with Crippen LogP contribution in [0.4, 0.5) is 5.00 Å². The molecule has 0 atom stereocenters. The zero-order valence-electron chi connectivity index (χ0n) is 5.97. The lowest BCUT2D eigenvalue weighted by atomic mass is 10.3. The highest BCUT2D eigenvalue weighted by atomic mass is 127. The highest BCUT2D eigenvalue weighted by Crippen LogP contribution is 2.39. The minimum absolute atomic E-state index is 0.694. The van der Waals surface area contributed by atoms with E-state index in [0.29, 0.717) is 10.0 Å². The van der Waals surface area contributed by atoms with Crippen molar-refractivity contribution in [3.05, 3.63) is 26.8 Å². The molecule has 2 N–H and O–H groups in total. The largest absolute Gasteiger partial charge is 0.389 e. The molecule has 0 aliphatic rings. The van der Waals surface area contributed by atoms with Gasteiger partial charge in [0.2, 0.25) is 0 Å². The molecular formula is C8H5ClINS. The summed E-state index contributed by atoms with van der Waals surface area (Å²) in [5.41, 5.74) is 5.70. The van der Waals surface area contributed by atoms with E-state index in [0.717, 1.165) is 13.7 Å². The van der Waals surface area contributed by atoms with Gasteiger partial charge in [0.05, 0.1) is 5.02 Å². The molecule has 1 aromatic heterocycles. The second kappa shape index (κ2) is 3.05. The molecule has 2 aromatic rings. The maximum atomic E-state index is 6.03. The van der Waals surface area contributed by atoms with Crippen LogP contribution >= 0.6 is 45.5 Å². The standard InChI is InChI=1S/C8H5ClINS/c9-7-6-4(10)2-1-3-5(6)12-8(7)11/h1-3H,11H2. The van der Waals surface area contributed by atoms with Crippen LogP contribution in [0.3, 0.4) is 0 Å². The molecule has 0 bridgehead atoms. The van der Waals surface area contributed by atoms with E-state index < -0.39 is 0 Å². The molecule has 0 amide bonds. The van der Waals surface area contributed by atoms with E-state index >= 15 is 0 Å². The van der Waals surface area contributed by atoms with Crippen LogP contribution in [0, 0.1) is 3.57 Å². The smallest absolute Gasteiger partial charge is 0.106 e. The Bertz CT molecular complexity index is 438. The Balaban J connectivity index is 2.97. The normalized spacial score (nSPS) is 10.8. The average molecular weight is 310 g/mol. The molecule has 2 rings (SSSR count). The zero-order valence-corrected chi connectivity index (χ0v) is 9.70. The quantitative estimate of drug-likeness (QED) is 0.737. The number of thiophene rings is 1. The molecule has 1 nitrogen and oxygen atoms in total. The van der Waals surface area contributed by atoms with Crippen molar-refractivity contribution in [2.75, 3.05) is 5.73 Å². The summed E-state index contributed by atoms with van der Waals surface area (Å²) in [4.78, 5) is 0.